The first-order valence-electron chi connectivity index (χ1n) is 9.86. The molecular formula is C23H27BrN2O4. The van der Waals surface area contributed by atoms with E-state index in [0.717, 1.165) is 28.7 Å². The SMILES string of the molecule is COc1ccc(C(CNC(=O)/C=C/c2ccccc2Br)N2CCOCC2)cc1OC. The number of amides is 1. The number of nitrogens with zero attached hydrogens (tertiary/aromatic N) is 1. The molecule has 2 aromatic carbocycles. The monoisotopic (exact) mass is 474 g/mol. The van der Waals surface area contributed by atoms with Crippen LogP contribution in [0.3, 0.4) is 0 Å². The summed E-state index contributed by atoms with van der Waals surface area (Å²) in [6, 6.07) is 13.7. The van der Waals surface area contributed by atoms with E-state index in [2.05, 4.69) is 26.1 Å². The van der Waals surface area contributed by atoms with E-state index in [1.54, 1.807) is 26.4 Å². The first-order chi connectivity index (χ1) is 14.6. The van der Waals surface area contributed by atoms with Gasteiger partial charge < -0.3 is 19.5 Å². The fourth-order valence-electron chi connectivity index (χ4n) is 3.44. The molecule has 0 saturated carbocycles. The van der Waals surface area contributed by atoms with Crippen LogP contribution in [0.25, 0.3) is 6.08 Å². The van der Waals surface area contributed by atoms with Crippen LogP contribution in [0.2, 0.25) is 0 Å². The van der Waals surface area contributed by atoms with E-state index in [0.29, 0.717) is 31.3 Å². The zero-order chi connectivity index (χ0) is 21.3. The molecule has 0 aliphatic carbocycles. The summed E-state index contributed by atoms with van der Waals surface area (Å²) in [5, 5.41) is 3.04. The lowest BCUT2D eigenvalue weighted by Gasteiger charge is -2.35. The maximum Gasteiger partial charge on any atom is 0.244 e. The number of ether oxygens (including phenoxy) is 3. The molecule has 1 aliphatic rings. The molecule has 1 heterocycles. The normalized spacial score (nSPS) is 15.7. The standard InChI is InChI=1S/C23H27BrN2O4/c1-28-21-9-7-18(15-22(21)29-2)20(26-11-13-30-14-12-26)16-25-23(27)10-8-17-5-3-4-6-19(17)24/h3-10,15,20H,11-14,16H2,1-2H3,(H,25,27)/b10-8+. The Balaban J connectivity index is 1.73. The summed E-state index contributed by atoms with van der Waals surface area (Å²) in [6.45, 7) is 3.46. The zero-order valence-electron chi connectivity index (χ0n) is 17.3. The van der Waals surface area contributed by atoms with Crippen molar-refractivity contribution >= 4 is 27.9 Å². The molecule has 160 valence electrons. The summed E-state index contributed by atoms with van der Waals surface area (Å²) >= 11 is 3.49. The van der Waals surface area contributed by atoms with Crippen LogP contribution >= 0.6 is 15.9 Å². The predicted molar refractivity (Wildman–Crippen MR) is 121 cm³/mol. The van der Waals surface area contributed by atoms with Gasteiger partial charge in [0.15, 0.2) is 11.5 Å². The molecule has 0 bridgehead atoms. The molecule has 1 atom stereocenters. The second kappa shape index (κ2) is 11.2. The van der Waals surface area contributed by atoms with Crippen molar-refractivity contribution in [2.45, 2.75) is 6.04 Å². The number of nitrogens with one attached hydrogen (secondary N) is 1. The summed E-state index contributed by atoms with van der Waals surface area (Å²) in [6.07, 6.45) is 3.37. The van der Waals surface area contributed by atoms with E-state index < -0.39 is 0 Å². The largest absolute Gasteiger partial charge is 0.493 e. The van der Waals surface area contributed by atoms with Crippen molar-refractivity contribution in [2.75, 3.05) is 47.1 Å². The van der Waals surface area contributed by atoms with Crippen LogP contribution in [0.1, 0.15) is 17.2 Å². The lowest BCUT2D eigenvalue weighted by Crippen LogP contribution is -2.43. The van der Waals surface area contributed by atoms with Crippen molar-refractivity contribution in [3.8, 4) is 11.5 Å². The Bertz CT molecular complexity index is 881. The summed E-state index contributed by atoms with van der Waals surface area (Å²) in [5.41, 5.74) is 2.02. The van der Waals surface area contributed by atoms with Crippen LogP contribution in [-0.4, -0.2) is 57.9 Å². The molecule has 0 radical (unpaired) electrons. The second-order valence-corrected chi connectivity index (χ2v) is 7.73. The Hall–Kier alpha value is -2.35. The van der Waals surface area contributed by atoms with Gasteiger partial charge in [0.2, 0.25) is 5.91 Å². The fourth-order valence-corrected chi connectivity index (χ4v) is 3.86. The van der Waals surface area contributed by atoms with Gasteiger partial charge in [-0.2, -0.15) is 0 Å². The van der Waals surface area contributed by atoms with Gasteiger partial charge in [0.1, 0.15) is 0 Å². The molecule has 3 rings (SSSR count). The van der Waals surface area contributed by atoms with Crippen molar-refractivity contribution in [2.24, 2.45) is 0 Å². The van der Waals surface area contributed by atoms with Crippen molar-refractivity contribution in [3.05, 3.63) is 64.1 Å². The molecule has 1 fully saturated rings. The minimum Gasteiger partial charge on any atom is -0.493 e. The van der Waals surface area contributed by atoms with Gasteiger partial charge >= 0.3 is 0 Å². The molecule has 1 N–H and O–H groups in total. The highest BCUT2D eigenvalue weighted by atomic mass is 79.9. The molecule has 0 spiro atoms. The van der Waals surface area contributed by atoms with Crippen molar-refractivity contribution in [1.29, 1.82) is 0 Å². The number of morpholine rings is 1. The van der Waals surface area contributed by atoms with E-state index in [9.17, 15) is 4.79 Å². The molecule has 1 saturated heterocycles. The van der Waals surface area contributed by atoms with Gasteiger partial charge in [0.25, 0.3) is 0 Å². The highest BCUT2D eigenvalue weighted by molar-refractivity contribution is 9.10. The van der Waals surface area contributed by atoms with Crippen LogP contribution in [0.4, 0.5) is 0 Å². The third-order valence-corrected chi connectivity index (χ3v) is 5.79. The quantitative estimate of drug-likeness (QED) is 0.591. The van der Waals surface area contributed by atoms with Gasteiger partial charge in [-0.05, 0) is 35.4 Å². The van der Waals surface area contributed by atoms with E-state index in [1.165, 1.54) is 0 Å². The maximum absolute atomic E-state index is 12.5. The van der Waals surface area contributed by atoms with Crippen LogP contribution in [0, 0.1) is 0 Å². The van der Waals surface area contributed by atoms with Crippen LogP contribution in [0.15, 0.2) is 53.0 Å². The number of hydrogen-bond donors (Lipinski definition) is 1. The summed E-state index contributed by atoms with van der Waals surface area (Å²) in [4.78, 5) is 14.8. The topological polar surface area (TPSA) is 60.0 Å². The number of halogens is 1. The molecule has 0 aromatic heterocycles. The summed E-state index contributed by atoms with van der Waals surface area (Å²) in [5.74, 6) is 1.22. The van der Waals surface area contributed by atoms with E-state index >= 15 is 0 Å². The van der Waals surface area contributed by atoms with E-state index in [1.807, 2.05) is 42.5 Å². The lowest BCUT2D eigenvalue weighted by molar-refractivity contribution is -0.116. The Morgan fingerprint density at radius 3 is 2.60 bits per heavy atom. The molecule has 6 nitrogen and oxygen atoms in total. The van der Waals surface area contributed by atoms with Crippen LogP contribution < -0.4 is 14.8 Å². The van der Waals surface area contributed by atoms with E-state index in [-0.39, 0.29) is 11.9 Å². The van der Waals surface area contributed by atoms with Gasteiger partial charge in [0, 0.05) is 30.2 Å². The smallest absolute Gasteiger partial charge is 0.244 e. The minimum absolute atomic E-state index is 0.00881. The number of carbonyl (C=O) groups excluding carboxylic acids is 1. The van der Waals surface area contributed by atoms with Crippen molar-refractivity contribution < 1.29 is 19.0 Å². The van der Waals surface area contributed by atoms with Gasteiger partial charge in [-0.15, -0.1) is 0 Å². The summed E-state index contributed by atoms with van der Waals surface area (Å²) < 4.78 is 17.3. The molecule has 1 aliphatic heterocycles. The molecule has 7 heteroatoms. The van der Waals surface area contributed by atoms with Gasteiger partial charge in [-0.3, -0.25) is 9.69 Å². The Kier molecular flexibility index (Phi) is 8.30. The van der Waals surface area contributed by atoms with Gasteiger partial charge in [-0.25, -0.2) is 0 Å². The average molecular weight is 475 g/mol. The second-order valence-electron chi connectivity index (χ2n) is 6.88. The van der Waals surface area contributed by atoms with Gasteiger partial charge in [-0.1, -0.05) is 40.2 Å². The summed E-state index contributed by atoms with van der Waals surface area (Å²) in [7, 11) is 3.24. The van der Waals surface area contributed by atoms with Crippen molar-refractivity contribution in [3.63, 3.8) is 0 Å². The lowest BCUT2D eigenvalue weighted by atomic mass is 10.0. The first kappa shape index (κ1) is 22.3. The number of carbonyl (C=O) groups is 1. The number of benzene rings is 2. The molecule has 2 aromatic rings. The highest BCUT2D eigenvalue weighted by Crippen LogP contribution is 2.32. The Morgan fingerprint density at radius 2 is 1.90 bits per heavy atom. The number of hydrogen-bond acceptors (Lipinski definition) is 5. The van der Waals surface area contributed by atoms with Crippen LogP contribution in [-0.2, 0) is 9.53 Å². The maximum atomic E-state index is 12.5. The Labute approximate surface area is 185 Å². The van der Waals surface area contributed by atoms with E-state index in [4.69, 9.17) is 14.2 Å². The zero-order valence-corrected chi connectivity index (χ0v) is 18.9. The van der Waals surface area contributed by atoms with Gasteiger partial charge in [0.05, 0.1) is 33.5 Å². The molecule has 30 heavy (non-hydrogen) atoms. The minimum atomic E-state index is -0.135. The molecular weight excluding hydrogens is 448 g/mol. The first-order valence-corrected chi connectivity index (χ1v) is 10.7. The van der Waals surface area contributed by atoms with Crippen LogP contribution in [0.5, 0.6) is 11.5 Å². The number of methoxy groups -OCH3 is 2. The third kappa shape index (κ3) is 5.84. The predicted octanol–water partition coefficient (Wildman–Crippen LogP) is 3.67. The highest BCUT2D eigenvalue weighted by Gasteiger charge is 2.24. The number of rotatable bonds is 8. The molecule has 1 amide bonds. The average Bonchev–Trinajstić information content (AvgIpc) is 2.79. The fraction of sp³-hybridized carbons (Fsp3) is 0.348. The third-order valence-electron chi connectivity index (χ3n) is 5.07. The van der Waals surface area contributed by atoms with Crippen molar-refractivity contribution in [1.82, 2.24) is 10.2 Å². The Morgan fingerprint density at radius 1 is 1.17 bits per heavy atom. The molecule has 1 unspecified atom stereocenters.